The highest BCUT2D eigenvalue weighted by atomic mass is 16.6. The van der Waals surface area contributed by atoms with Crippen molar-refractivity contribution in [2.24, 2.45) is 0 Å². The molecule has 1 atom stereocenters. The van der Waals surface area contributed by atoms with Gasteiger partial charge < -0.3 is 9.47 Å². The summed E-state index contributed by atoms with van der Waals surface area (Å²) in [6, 6.07) is 19.6. The Labute approximate surface area is 129 Å². The van der Waals surface area contributed by atoms with E-state index in [4.69, 9.17) is 9.47 Å². The Hall–Kier alpha value is -2.81. The van der Waals surface area contributed by atoms with E-state index in [-0.39, 0.29) is 5.97 Å². The van der Waals surface area contributed by atoms with E-state index in [2.05, 4.69) is 0 Å². The maximum absolute atomic E-state index is 11.5. The van der Waals surface area contributed by atoms with Crippen molar-refractivity contribution in [3.8, 4) is 0 Å². The molecule has 3 nitrogen and oxygen atoms in total. The molecule has 0 radical (unpaired) electrons. The molecule has 0 amide bonds. The molecule has 3 heteroatoms. The molecule has 3 rings (SSSR count). The largest absolute Gasteiger partial charge is 0.489 e. The fraction of sp³-hybridized carbons (Fsp3) is 0.105. The lowest BCUT2D eigenvalue weighted by atomic mass is 10.1. The second-order valence-electron chi connectivity index (χ2n) is 4.90. The summed E-state index contributed by atoms with van der Waals surface area (Å²) in [7, 11) is 0. The standard InChI is InChI=1S/C19H16O3/c20-18-14-17(19(22-18)16-11-5-2-6-12-16)21-13-7-10-15-8-3-1-4-9-15/h1-12,14,19H,13H2. The van der Waals surface area contributed by atoms with Crippen molar-refractivity contribution >= 4 is 12.0 Å². The first-order valence-electron chi connectivity index (χ1n) is 7.14. The van der Waals surface area contributed by atoms with Gasteiger partial charge in [0.2, 0.25) is 0 Å². The third-order valence-electron chi connectivity index (χ3n) is 3.31. The van der Waals surface area contributed by atoms with Crippen molar-refractivity contribution in [1.29, 1.82) is 0 Å². The zero-order chi connectivity index (χ0) is 15.2. The number of ether oxygens (including phenoxy) is 2. The van der Waals surface area contributed by atoms with Crippen LogP contribution in [0.25, 0.3) is 6.08 Å². The van der Waals surface area contributed by atoms with E-state index in [9.17, 15) is 4.79 Å². The number of esters is 1. The molecule has 0 spiro atoms. The quantitative estimate of drug-likeness (QED) is 0.784. The molecule has 0 saturated carbocycles. The number of carbonyl (C=O) groups excluding carboxylic acids is 1. The topological polar surface area (TPSA) is 35.5 Å². The third-order valence-corrected chi connectivity index (χ3v) is 3.31. The van der Waals surface area contributed by atoms with Crippen LogP contribution in [0.5, 0.6) is 0 Å². The summed E-state index contributed by atoms with van der Waals surface area (Å²) in [6.45, 7) is 0.390. The van der Waals surface area contributed by atoms with Crippen molar-refractivity contribution in [3.05, 3.63) is 89.7 Å². The Morgan fingerprint density at radius 3 is 2.41 bits per heavy atom. The van der Waals surface area contributed by atoms with Gasteiger partial charge in [0, 0.05) is 5.56 Å². The number of rotatable bonds is 5. The van der Waals surface area contributed by atoms with E-state index in [1.165, 1.54) is 6.08 Å². The summed E-state index contributed by atoms with van der Waals surface area (Å²) in [5, 5.41) is 0. The Morgan fingerprint density at radius 1 is 1.00 bits per heavy atom. The van der Waals surface area contributed by atoms with Crippen LogP contribution in [0.1, 0.15) is 17.2 Å². The average Bonchev–Trinajstić information content (AvgIpc) is 2.94. The van der Waals surface area contributed by atoms with Gasteiger partial charge in [-0.15, -0.1) is 0 Å². The number of hydrogen-bond acceptors (Lipinski definition) is 3. The molecule has 1 aliphatic heterocycles. The van der Waals surface area contributed by atoms with Gasteiger partial charge in [-0.1, -0.05) is 66.7 Å². The molecule has 0 aromatic heterocycles. The van der Waals surface area contributed by atoms with Crippen LogP contribution < -0.4 is 0 Å². The Kier molecular flexibility index (Phi) is 4.35. The van der Waals surface area contributed by atoms with E-state index in [0.717, 1.165) is 11.1 Å². The molecule has 0 saturated heterocycles. The minimum Gasteiger partial charge on any atom is -0.489 e. The summed E-state index contributed by atoms with van der Waals surface area (Å²) in [5.74, 6) is 0.185. The summed E-state index contributed by atoms with van der Waals surface area (Å²) in [6.07, 6.45) is 4.86. The molecular weight excluding hydrogens is 276 g/mol. The highest BCUT2D eigenvalue weighted by molar-refractivity contribution is 5.85. The normalized spacial score (nSPS) is 17.4. The number of carbonyl (C=O) groups is 1. The molecule has 2 aromatic rings. The highest BCUT2D eigenvalue weighted by Crippen LogP contribution is 2.31. The van der Waals surface area contributed by atoms with Gasteiger partial charge in [0.1, 0.15) is 12.4 Å². The van der Waals surface area contributed by atoms with Gasteiger partial charge in [-0.2, -0.15) is 0 Å². The molecule has 0 aliphatic carbocycles. The van der Waals surface area contributed by atoms with Gasteiger partial charge in [-0.05, 0) is 11.6 Å². The minimum atomic E-state index is -0.446. The van der Waals surface area contributed by atoms with Crippen molar-refractivity contribution in [1.82, 2.24) is 0 Å². The molecule has 2 aromatic carbocycles. The predicted octanol–water partition coefficient (Wildman–Crippen LogP) is 3.90. The molecule has 1 heterocycles. The SMILES string of the molecule is O=C1C=C(OCC=Cc2ccccc2)C(c2ccccc2)O1. The first-order chi connectivity index (χ1) is 10.8. The van der Waals surface area contributed by atoms with E-state index in [1.807, 2.05) is 72.8 Å². The zero-order valence-corrected chi connectivity index (χ0v) is 12.0. The van der Waals surface area contributed by atoms with Gasteiger partial charge in [0.05, 0.1) is 6.08 Å². The van der Waals surface area contributed by atoms with Gasteiger partial charge in [-0.25, -0.2) is 4.79 Å². The molecule has 110 valence electrons. The summed E-state index contributed by atoms with van der Waals surface area (Å²) in [5.41, 5.74) is 2.02. The van der Waals surface area contributed by atoms with Gasteiger partial charge in [0.15, 0.2) is 6.10 Å². The molecule has 0 bridgehead atoms. The van der Waals surface area contributed by atoms with Crippen LogP contribution in [0.3, 0.4) is 0 Å². The smallest absolute Gasteiger partial charge is 0.335 e. The van der Waals surface area contributed by atoms with Gasteiger partial charge in [-0.3, -0.25) is 0 Å². The molecular formula is C19H16O3. The molecule has 1 aliphatic rings. The zero-order valence-electron chi connectivity index (χ0n) is 12.0. The van der Waals surface area contributed by atoms with E-state index >= 15 is 0 Å². The lowest BCUT2D eigenvalue weighted by molar-refractivity contribution is -0.139. The summed E-state index contributed by atoms with van der Waals surface area (Å²) < 4.78 is 11.0. The lowest BCUT2D eigenvalue weighted by Crippen LogP contribution is -2.05. The number of hydrogen-bond donors (Lipinski definition) is 0. The maximum Gasteiger partial charge on any atom is 0.335 e. The van der Waals surface area contributed by atoms with Crippen LogP contribution in [0.4, 0.5) is 0 Å². The minimum absolute atomic E-state index is 0.365. The first-order valence-corrected chi connectivity index (χ1v) is 7.14. The van der Waals surface area contributed by atoms with Crippen LogP contribution >= 0.6 is 0 Å². The fourth-order valence-electron chi connectivity index (χ4n) is 2.27. The Balaban J connectivity index is 1.62. The van der Waals surface area contributed by atoms with Gasteiger partial charge >= 0.3 is 5.97 Å². The predicted molar refractivity (Wildman–Crippen MR) is 84.8 cm³/mol. The number of cyclic esters (lactones) is 1. The molecule has 0 fully saturated rings. The van der Waals surface area contributed by atoms with E-state index in [0.29, 0.717) is 12.4 Å². The summed E-state index contributed by atoms with van der Waals surface area (Å²) in [4.78, 5) is 11.5. The highest BCUT2D eigenvalue weighted by Gasteiger charge is 2.28. The fourth-order valence-corrected chi connectivity index (χ4v) is 2.27. The first kappa shape index (κ1) is 14.1. The van der Waals surface area contributed by atoms with Crippen molar-refractivity contribution < 1.29 is 14.3 Å². The Morgan fingerprint density at radius 2 is 1.68 bits per heavy atom. The van der Waals surface area contributed by atoms with Crippen LogP contribution in [-0.4, -0.2) is 12.6 Å². The average molecular weight is 292 g/mol. The second kappa shape index (κ2) is 6.76. The third kappa shape index (κ3) is 3.44. The molecule has 0 N–H and O–H groups in total. The maximum atomic E-state index is 11.5. The monoisotopic (exact) mass is 292 g/mol. The van der Waals surface area contributed by atoms with E-state index < -0.39 is 6.10 Å². The van der Waals surface area contributed by atoms with Gasteiger partial charge in [0.25, 0.3) is 0 Å². The van der Waals surface area contributed by atoms with Crippen molar-refractivity contribution in [2.75, 3.05) is 6.61 Å². The summed E-state index contributed by atoms with van der Waals surface area (Å²) >= 11 is 0. The van der Waals surface area contributed by atoms with Crippen LogP contribution in [-0.2, 0) is 14.3 Å². The van der Waals surface area contributed by atoms with Crippen LogP contribution in [0, 0.1) is 0 Å². The Bertz CT molecular complexity index is 687. The van der Waals surface area contributed by atoms with Crippen LogP contribution in [0.15, 0.2) is 78.6 Å². The molecule has 22 heavy (non-hydrogen) atoms. The van der Waals surface area contributed by atoms with Crippen molar-refractivity contribution in [2.45, 2.75) is 6.10 Å². The van der Waals surface area contributed by atoms with Crippen molar-refractivity contribution in [3.63, 3.8) is 0 Å². The number of benzene rings is 2. The second-order valence-corrected chi connectivity index (χ2v) is 4.90. The molecule has 1 unspecified atom stereocenters. The van der Waals surface area contributed by atoms with E-state index in [1.54, 1.807) is 0 Å². The van der Waals surface area contributed by atoms with Crippen LogP contribution in [0.2, 0.25) is 0 Å². The lowest BCUT2D eigenvalue weighted by Gasteiger charge is -2.14.